The molecule has 1 aliphatic heterocycles. The molecule has 8 nitrogen and oxygen atoms in total. The number of halogens is 1. The van der Waals surface area contributed by atoms with Crippen LogP contribution < -0.4 is 10.0 Å². The molecule has 3 saturated carbocycles. The maximum atomic E-state index is 14.0. The lowest BCUT2D eigenvalue weighted by Crippen LogP contribution is -2.65. The van der Waals surface area contributed by atoms with Gasteiger partial charge in [0.25, 0.3) is 0 Å². The highest BCUT2D eigenvalue weighted by Gasteiger charge is 2.68. The summed E-state index contributed by atoms with van der Waals surface area (Å²) in [7, 11) is -4.73. The topological polar surface area (TPSA) is 111 Å². The van der Waals surface area contributed by atoms with Crippen molar-refractivity contribution in [3.63, 3.8) is 0 Å². The van der Waals surface area contributed by atoms with Crippen LogP contribution in [0.1, 0.15) is 96.0 Å². The third kappa shape index (κ3) is 7.68. The SMILES string of the molecule is CCCCc1ccc(C(=O)C[C@@H](CNS(=O)(=O)c2ccc(F)cc2)C(=O)N[C@@H](CC(C)C)B2O[C@@H]3C[C@@H]4C[C@@H](C4(C)C)[C@]3(C)O2)cc1. The van der Waals surface area contributed by atoms with Crippen molar-refractivity contribution < 1.29 is 31.7 Å². The number of amides is 1. The molecule has 0 unspecified atom stereocenters. The van der Waals surface area contributed by atoms with Crippen molar-refractivity contribution in [1.82, 2.24) is 10.0 Å². The van der Waals surface area contributed by atoms with Gasteiger partial charge < -0.3 is 14.6 Å². The summed E-state index contributed by atoms with van der Waals surface area (Å²) in [6, 6.07) is 11.8. The monoisotopic (exact) mass is 668 g/mol. The van der Waals surface area contributed by atoms with E-state index in [9.17, 15) is 22.4 Å². The lowest BCUT2D eigenvalue weighted by Gasteiger charge is -2.64. The molecule has 2 aromatic carbocycles. The van der Waals surface area contributed by atoms with E-state index in [-0.39, 0.29) is 41.1 Å². The fourth-order valence-corrected chi connectivity index (χ4v) is 8.94. The largest absolute Gasteiger partial charge is 0.481 e. The second-order valence-corrected chi connectivity index (χ2v) is 16.8. The van der Waals surface area contributed by atoms with Crippen molar-refractivity contribution in [2.75, 3.05) is 6.54 Å². The molecule has 0 radical (unpaired) electrons. The molecular formula is C36H50BFN2O6S. The van der Waals surface area contributed by atoms with Gasteiger partial charge in [0.15, 0.2) is 5.78 Å². The number of carbonyl (C=O) groups excluding carboxylic acids is 2. The summed E-state index contributed by atoms with van der Waals surface area (Å²) in [6.07, 6.45) is 5.38. The zero-order valence-corrected chi connectivity index (χ0v) is 29.4. The Kier molecular flexibility index (Phi) is 10.7. The van der Waals surface area contributed by atoms with Crippen LogP contribution >= 0.6 is 0 Å². The Hall–Kier alpha value is -2.60. The molecule has 1 heterocycles. The Morgan fingerprint density at radius 1 is 1.04 bits per heavy atom. The van der Waals surface area contributed by atoms with Gasteiger partial charge in [0.05, 0.1) is 28.5 Å². The van der Waals surface area contributed by atoms with Gasteiger partial charge in [-0.25, -0.2) is 17.5 Å². The Bertz CT molecular complexity index is 1530. The molecule has 3 aliphatic carbocycles. The summed E-state index contributed by atoms with van der Waals surface area (Å²) < 4.78 is 55.4. The Morgan fingerprint density at radius 3 is 2.34 bits per heavy atom. The van der Waals surface area contributed by atoms with Crippen LogP contribution in [0.3, 0.4) is 0 Å². The number of Topliss-reactive ketones (excluding diaryl/α,β-unsaturated/α-hetero) is 1. The highest BCUT2D eigenvalue weighted by atomic mass is 32.2. The van der Waals surface area contributed by atoms with Crippen molar-refractivity contribution in [3.8, 4) is 0 Å². The van der Waals surface area contributed by atoms with Crippen LogP contribution in [0.15, 0.2) is 53.4 Å². The normalized spacial score (nSPS) is 26.0. The third-order valence-electron chi connectivity index (χ3n) is 10.9. The standard InChI is InChI=1S/C36H50BFN2O6S/c1-7-8-9-24-10-12-25(13-11-24)30(41)19-26(22-39-47(43,44)29-16-14-28(38)15-17-29)34(42)40-33(18-23(2)3)37-45-32-21-27-20-31(35(27,4)5)36(32,6)46-37/h10-17,23,26-27,31-33,39H,7-9,18-22H2,1-6H3,(H,40,42)/t26-,27-,31-,32+,33-,36-/m0/s1. The second-order valence-electron chi connectivity index (χ2n) is 15.0. The molecule has 256 valence electrons. The minimum absolute atomic E-state index is 0.0592. The first-order valence-corrected chi connectivity index (χ1v) is 18.6. The summed E-state index contributed by atoms with van der Waals surface area (Å²) in [5.41, 5.74) is 1.31. The quantitative estimate of drug-likeness (QED) is 0.175. The lowest BCUT2D eigenvalue weighted by atomic mass is 9.43. The Labute approximate surface area is 280 Å². The van der Waals surface area contributed by atoms with Gasteiger partial charge in [-0.05, 0) is 92.0 Å². The number of hydrogen-bond donors (Lipinski definition) is 2. The van der Waals surface area contributed by atoms with E-state index in [0.717, 1.165) is 61.9 Å². The van der Waals surface area contributed by atoms with E-state index >= 15 is 0 Å². The molecule has 0 aromatic heterocycles. The van der Waals surface area contributed by atoms with E-state index < -0.39 is 46.3 Å². The zero-order valence-electron chi connectivity index (χ0n) is 28.6. The maximum absolute atomic E-state index is 14.0. The maximum Gasteiger partial charge on any atom is 0.481 e. The van der Waals surface area contributed by atoms with Crippen LogP contribution in [0, 0.1) is 34.9 Å². The number of unbranched alkanes of at least 4 members (excludes halogenated alkanes) is 1. The molecule has 2 aromatic rings. The first-order chi connectivity index (χ1) is 22.1. The Morgan fingerprint density at radius 2 is 1.72 bits per heavy atom. The van der Waals surface area contributed by atoms with E-state index in [1.54, 1.807) is 12.1 Å². The van der Waals surface area contributed by atoms with Gasteiger partial charge in [0, 0.05) is 18.5 Å². The number of carbonyl (C=O) groups is 2. The summed E-state index contributed by atoms with van der Waals surface area (Å²) >= 11 is 0. The van der Waals surface area contributed by atoms with Crippen LogP contribution in [0.25, 0.3) is 0 Å². The van der Waals surface area contributed by atoms with E-state index in [2.05, 4.69) is 51.6 Å². The number of aryl methyl sites for hydroxylation is 1. The van der Waals surface area contributed by atoms with Crippen molar-refractivity contribution in [2.45, 2.75) is 109 Å². The first-order valence-electron chi connectivity index (χ1n) is 17.1. The van der Waals surface area contributed by atoms with Gasteiger partial charge in [-0.1, -0.05) is 65.3 Å². The molecule has 1 saturated heterocycles. The van der Waals surface area contributed by atoms with Gasteiger partial charge in [0.1, 0.15) is 5.82 Å². The van der Waals surface area contributed by atoms with Crippen LogP contribution in [0.4, 0.5) is 4.39 Å². The molecule has 47 heavy (non-hydrogen) atoms. The van der Waals surface area contributed by atoms with Crippen LogP contribution in [0.2, 0.25) is 0 Å². The van der Waals surface area contributed by atoms with Crippen molar-refractivity contribution in [3.05, 3.63) is 65.5 Å². The van der Waals surface area contributed by atoms with Gasteiger partial charge in [-0.3, -0.25) is 9.59 Å². The van der Waals surface area contributed by atoms with E-state index in [1.807, 2.05) is 12.1 Å². The average Bonchev–Trinajstić information content (AvgIpc) is 3.39. The van der Waals surface area contributed by atoms with Crippen LogP contribution in [0.5, 0.6) is 0 Å². The molecule has 2 N–H and O–H groups in total. The molecule has 11 heteroatoms. The molecule has 1 amide bonds. The average molecular weight is 669 g/mol. The molecule has 2 bridgehead atoms. The fourth-order valence-electron chi connectivity index (χ4n) is 7.86. The summed E-state index contributed by atoms with van der Waals surface area (Å²) in [4.78, 5) is 27.4. The molecule has 4 aliphatic rings. The number of nitrogens with one attached hydrogen (secondary N) is 2. The van der Waals surface area contributed by atoms with Crippen LogP contribution in [-0.2, 0) is 30.5 Å². The van der Waals surface area contributed by atoms with E-state index in [1.165, 1.54) is 0 Å². The van der Waals surface area contributed by atoms with E-state index in [0.29, 0.717) is 23.8 Å². The summed E-state index contributed by atoms with van der Waals surface area (Å²) in [6.45, 7) is 12.7. The lowest BCUT2D eigenvalue weighted by molar-refractivity contribution is -0.199. The van der Waals surface area contributed by atoms with Gasteiger partial charge in [-0.15, -0.1) is 0 Å². The molecular weight excluding hydrogens is 618 g/mol. The molecule has 4 fully saturated rings. The molecule has 6 atom stereocenters. The highest BCUT2D eigenvalue weighted by molar-refractivity contribution is 7.89. The minimum atomic E-state index is -4.08. The smallest absolute Gasteiger partial charge is 0.404 e. The number of benzene rings is 2. The van der Waals surface area contributed by atoms with Crippen LogP contribution in [-0.4, -0.2) is 51.4 Å². The highest BCUT2D eigenvalue weighted by Crippen LogP contribution is 2.65. The predicted octanol–water partition coefficient (Wildman–Crippen LogP) is 6.13. The minimum Gasteiger partial charge on any atom is -0.404 e. The van der Waals surface area contributed by atoms with Crippen molar-refractivity contribution in [1.29, 1.82) is 0 Å². The molecule has 0 spiro atoms. The van der Waals surface area contributed by atoms with Crippen molar-refractivity contribution >= 4 is 28.8 Å². The third-order valence-corrected chi connectivity index (χ3v) is 12.3. The van der Waals surface area contributed by atoms with E-state index in [4.69, 9.17) is 9.31 Å². The number of sulfonamides is 1. The number of hydrogen-bond acceptors (Lipinski definition) is 6. The number of rotatable bonds is 15. The van der Waals surface area contributed by atoms with Gasteiger partial charge in [-0.2, -0.15) is 0 Å². The summed E-state index contributed by atoms with van der Waals surface area (Å²) in [5, 5.41) is 3.11. The zero-order chi connectivity index (χ0) is 34.1. The second kappa shape index (κ2) is 14.1. The number of ketones is 1. The predicted molar refractivity (Wildman–Crippen MR) is 181 cm³/mol. The Balaban J connectivity index is 1.34. The van der Waals surface area contributed by atoms with Crippen molar-refractivity contribution in [2.24, 2.45) is 29.1 Å². The summed E-state index contributed by atoms with van der Waals surface area (Å²) in [5.74, 6) is -1.64. The van der Waals surface area contributed by atoms with Gasteiger partial charge in [0.2, 0.25) is 15.9 Å². The fraction of sp³-hybridized carbons (Fsp3) is 0.611. The molecule has 6 rings (SSSR count). The van der Waals surface area contributed by atoms with Gasteiger partial charge >= 0.3 is 7.12 Å². The first kappa shape index (κ1) is 35.7.